The Morgan fingerprint density at radius 1 is 1.26 bits per heavy atom. The summed E-state index contributed by atoms with van der Waals surface area (Å²) in [6.07, 6.45) is -0.0134. The summed E-state index contributed by atoms with van der Waals surface area (Å²) in [6, 6.07) is 10.5. The van der Waals surface area contributed by atoms with Gasteiger partial charge in [-0.2, -0.15) is 13.2 Å². The van der Waals surface area contributed by atoms with E-state index in [1.165, 1.54) is 23.3 Å². The number of likely N-dealkylation sites (tertiary alicyclic amines) is 1. The molecule has 1 heterocycles. The molecule has 0 aromatic heterocycles. The van der Waals surface area contributed by atoms with Gasteiger partial charge in [0.1, 0.15) is 0 Å². The Morgan fingerprint density at radius 2 is 1.96 bits per heavy atom. The van der Waals surface area contributed by atoms with E-state index in [-0.39, 0.29) is 35.4 Å². The van der Waals surface area contributed by atoms with E-state index in [0.29, 0.717) is 25.5 Å². The van der Waals surface area contributed by atoms with Gasteiger partial charge < -0.3 is 10.6 Å². The van der Waals surface area contributed by atoms with Crippen molar-refractivity contribution < 1.29 is 13.2 Å². The van der Waals surface area contributed by atoms with Crippen molar-refractivity contribution in [2.24, 2.45) is 10.4 Å². The summed E-state index contributed by atoms with van der Waals surface area (Å²) in [5.74, 6) is 0.684. The van der Waals surface area contributed by atoms with E-state index < -0.39 is 12.7 Å². The summed E-state index contributed by atoms with van der Waals surface area (Å²) in [4.78, 5) is 5.69. The van der Waals surface area contributed by atoms with Crippen molar-refractivity contribution in [1.29, 1.82) is 0 Å². The van der Waals surface area contributed by atoms with Crippen LogP contribution in [0.15, 0.2) is 35.3 Å². The highest BCUT2D eigenvalue weighted by atomic mass is 127. The molecule has 1 unspecified atom stereocenters. The van der Waals surface area contributed by atoms with Gasteiger partial charge in [-0.05, 0) is 36.7 Å². The average Bonchev–Trinajstić information content (AvgIpc) is 3.21. The molecule has 2 aliphatic rings. The standard InChI is InChI=1S/C19H27F3N4.HI/c1-23-17(25-16-7-10-26(12-16)14-19(20,21)22)24-13-18(8-9-18)11-15-5-3-2-4-6-15;/h2-6,16H,7-14H2,1H3,(H2,23,24,25);1H. The van der Waals surface area contributed by atoms with E-state index in [1.54, 1.807) is 7.05 Å². The van der Waals surface area contributed by atoms with E-state index in [2.05, 4.69) is 39.9 Å². The van der Waals surface area contributed by atoms with Gasteiger partial charge in [-0.15, -0.1) is 24.0 Å². The third-order valence-electron chi connectivity index (χ3n) is 5.25. The van der Waals surface area contributed by atoms with E-state index in [0.717, 1.165) is 13.0 Å². The van der Waals surface area contributed by atoms with Crippen LogP contribution in [-0.2, 0) is 6.42 Å². The van der Waals surface area contributed by atoms with Gasteiger partial charge in [-0.3, -0.25) is 9.89 Å². The number of rotatable bonds is 6. The van der Waals surface area contributed by atoms with Crippen molar-refractivity contribution in [3.8, 4) is 0 Å². The monoisotopic (exact) mass is 496 g/mol. The maximum Gasteiger partial charge on any atom is 0.401 e. The highest BCUT2D eigenvalue weighted by molar-refractivity contribution is 14.0. The van der Waals surface area contributed by atoms with Crippen LogP contribution < -0.4 is 10.6 Å². The molecule has 1 atom stereocenters. The van der Waals surface area contributed by atoms with Crippen molar-refractivity contribution in [3.63, 3.8) is 0 Å². The molecule has 4 nitrogen and oxygen atoms in total. The minimum Gasteiger partial charge on any atom is -0.356 e. The maximum absolute atomic E-state index is 12.5. The number of guanidine groups is 1. The van der Waals surface area contributed by atoms with E-state index in [1.807, 2.05) is 6.07 Å². The molecule has 152 valence electrons. The molecule has 1 saturated heterocycles. The number of hydrogen-bond acceptors (Lipinski definition) is 2. The summed E-state index contributed by atoms with van der Waals surface area (Å²) in [7, 11) is 1.70. The predicted octanol–water partition coefficient (Wildman–Crippen LogP) is 3.43. The molecule has 1 saturated carbocycles. The van der Waals surface area contributed by atoms with Crippen LogP contribution in [0.25, 0.3) is 0 Å². The minimum atomic E-state index is -4.13. The van der Waals surface area contributed by atoms with Crippen molar-refractivity contribution in [2.75, 3.05) is 33.2 Å². The van der Waals surface area contributed by atoms with Crippen molar-refractivity contribution in [2.45, 2.75) is 37.9 Å². The Labute approximate surface area is 176 Å². The Kier molecular flexibility index (Phi) is 7.79. The maximum atomic E-state index is 12.5. The zero-order valence-corrected chi connectivity index (χ0v) is 17.9. The van der Waals surface area contributed by atoms with E-state index in [9.17, 15) is 13.2 Å². The largest absolute Gasteiger partial charge is 0.401 e. The minimum absolute atomic E-state index is 0. The Bertz CT molecular complexity index is 617. The fourth-order valence-electron chi connectivity index (χ4n) is 3.63. The predicted molar refractivity (Wildman–Crippen MR) is 113 cm³/mol. The van der Waals surface area contributed by atoms with Crippen LogP contribution in [0.1, 0.15) is 24.8 Å². The SMILES string of the molecule is CN=C(NCC1(Cc2ccccc2)CC1)NC1CCN(CC(F)(F)F)C1.I. The Morgan fingerprint density at radius 3 is 2.56 bits per heavy atom. The number of hydrogen-bond donors (Lipinski definition) is 2. The van der Waals surface area contributed by atoms with E-state index >= 15 is 0 Å². The molecule has 1 aliphatic carbocycles. The number of halogens is 4. The molecule has 1 aromatic rings. The van der Waals surface area contributed by atoms with Gasteiger partial charge in [0.05, 0.1) is 6.54 Å². The topological polar surface area (TPSA) is 39.7 Å². The third kappa shape index (κ3) is 7.14. The lowest BCUT2D eigenvalue weighted by Crippen LogP contribution is -2.46. The third-order valence-corrected chi connectivity index (χ3v) is 5.25. The molecule has 8 heteroatoms. The molecule has 1 aliphatic heterocycles. The van der Waals surface area contributed by atoms with Gasteiger partial charge in [0.15, 0.2) is 5.96 Å². The van der Waals surface area contributed by atoms with Crippen LogP contribution in [0.5, 0.6) is 0 Å². The van der Waals surface area contributed by atoms with Gasteiger partial charge in [-0.25, -0.2) is 0 Å². The van der Waals surface area contributed by atoms with Crippen LogP contribution in [0.2, 0.25) is 0 Å². The molecule has 27 heavy (non-hydrogen) atoms. The Balaban J connectivity index is 0.00000261. The normalized spacial score (nSPS) is 22.2. The van der Waals surface area contributed by atoms with E-state index in [4.69, 9.17) is 0 Å². The van der Waals surface area contributed by atoms with Gasteiger partial charge in [0.2, 0.25) is 0 Å². The first kappa shape index (κ1) is 22.3. The quantitative estimate of drug-likeness (QED) is 0.360. The fraction of sp³-hybridized carbons (Fsp3) is 0.632. The zero-order valence-electron chi connectivity index (χ0n) is 15.6. The molecule has 0 spiro atoms. The molecule has 3 rings (SSSR count). The zero-order chi connectivity index (χ0) is 18.6. The molecular weight excluding hydrogens is 468 g/mol. The number of aliphatic imine (C=N–C) groups is 1. The lowest BCUT2D eigenvalue weighted by molar-refractivity contribution is -0.143. The fourth-order valence-corrected chi connectivity index (χ4v) is 3.63. The second-order valence-electron chi connectivity index (χ2n) is 7.57. The Hall–Kier alpha value is -1.03. The lowest BCUT2D eigenvalue weighted by atomic mass is 9.96. The second kappa shape index (κ2) is 9.45. The van der Waals surface area contributed by atoms with Crippen LogP contribution in [0.4, 0.5) is 13.2 Å². The summed E-state index contributed by atoms with van der Waals surface area (Å²) < 4.78 is 37.5. The molecule has 0 amide bonds. The van der Waals surface area contributed by atoms with Crippen molar-refractivity contribution >= 4 is 29.9 Å². The lowest BCUT2D eigenvalue weighted by Gasteiger charge is -2.22. The van der Waals surface area contributed by atoms with Crippen molar-refractivity contribution in [1.82, 2.24) is 15.5 Å². The molecular formula is C19H28F3IN4. The highest BCUT2D eigenvalue weighted by Crippen LogP contribution is 2.47. The number of nitrogens with one attached hydrogen (secondary N) is 2. The number of benzene rings is 1. The molecule has 0 radical (unpaired) electrons. The number of nitrogens with zero attached hydrogens (tertiary/aromatic N) is 2. The number of alkyl halides is 3. The second-order valence-corrected chi connectivity index (χ2v) is 7.57. The smallest absolute Gasteiger partial charge is 0.356 e. The first-order valence-electron chi connectivity index (χ1n) is 9.18. The summed E-state index contributed by atoms with van der Waals surface area (Å²) >= 11 is 0. The molecule has 1 aromatic carbocycles. The highest BCUT2D eigenvalue weighted by Gasteiger charge is 2.42. The van der Waals surface area contributed by atoms with Crippen LogP contribution in [-0.4, -0.2) is 56.3 Å². The first-order chi connectivity index (χ1) is 12.4. The summed E-state index contributed by atoms with van der Waals surface area (Å²) in [5, 5.41) is 6.66. The summed E-state index contributed by atoms with van der Waals surface area (Å²) in [6.45, 7) is 0.861. The van der Waals surface area contributed by atoms with Gasteiger partial charge in [-0.1, -0.05) is 30.3 Å². The van der Waals surface area contributed by atoms with Crippen molar-refractivity contribution in [3.05, 3.63) is 35.9 Å². The van der Waals surface area contributed by atoms with Crippen LogP contribution in [0.3, 0.4) is 0 Å². The van der Waals surface area contributed by atoms with Crippen LogP contribution >= 0.6 is 24.0 Å². The van der Waals surface area contributed by atoms with Crippen LogP contribution in [0, 0.1) is 5.41 Å². The molecule has 2 N–H and O–H groups in total. The van der Waals surface area contributed by atoms with Gasteiger partial charge >= 0.3 is 6.18 Å². The molecule has 0 bridgehead atoms. The summed E-state index contributed by atoms with van der Waals surface area (Å²) in [5.41, 5.74) is 1.62. The average molecular weight is 496 g/mol. The first-order valence-corrected chi connectivity index (χ1v) is 9.18. The van der Waals surface area contributed by atoms with Gasteiger partial charge in [0.25, 0.3) is 0 Å². The van der Waals surface area contributed by atoms with Gasteiger partial charge in [0, 0.05) is 32.7 Å². The molecule has 2 fully saturated rings.